The third kappa shape index (κ3) is 5.39. The van der Waals surface area contributed by atoms with Crippen LogP contribution in [0.4, 0.5) is 0 Å². The third-order valence-corrected chi connectivity index (χ3v) is 5.91. The van der Waals surface area contributed by atoms with Gasteiger partial charge in [0.15, 0.2) is 18.9 Å². The summed E-state index contributed by atoms with van der Waals surface area (Å²) in [6.45, 7) is -1.76. The Hall–Kier alpha value is -0.560. The molecule has 3 fully saturated rings. The molecule has 0 aromatic heterocycles. The first-order chi connectivity index (χ1) is 15.2. The molecule has 14 heteroatoms. The van der Waals surface area contributed by atoms with Gasteiger partial charge in [-0.05, 0) is 6.42 Å². The number of hydrogen-bond acceptors (Lipinski definition) is 14. The molecule has 3 heterocycles. The van der Waals surface area contributed by atoms with E-state index < -0.39 is 99.7 Å². The van der Waals surface area contributed by atoms with Gasteiger partial charge in [0, 0.05) is 6.42 Å². The van der Waals surface area contributed by atoms with Crippen LogP contribution >= 0.6 is 0 Å². The first-order valence-corrected chi connectivity index (χ1v) is 10.4. The van der Waals surface area contributed by atoms with E-state index in [1.165, 1.54) is 0 Å². The van der Waals surface area contributed by atoms with Gasteiger partial charge in [-0.15, -0.1) is 0 Å². The highest BCUT2D eigenvalue weighted by Gasteiger charge is 2.48. The Morgan fingerprint density at radius 3 is 1.88 bits per heavy atom. The predicted octanol–water partition coefficient (Wildman–Crippen LogP) is -5.51. The lowest BCUT2D eigenvalue weighted by molar-refractivity contribution is -0.349. The molecule has 7 unspecified atom stereocenters. The van der Waals surface area contributed by atoms with E-state index in [2.05, 4.69) is 0 Å². The highest BCUT2D eigenvalue weighted by atomic mass is 16.7. The summed E-state index contributed by atoms with van der Waals surface area (Å²) in [6.07, 6.45) is -17.1. The van der Waals surface area contributed by atoms with Gasteiger partial charge < -0.3 is 69.6 Å². The van der Waals surface area contributed by atoms with Crippen molar-refractivity contribution in [1.29, 1.82) is 0 Å². The maximum absolute atomic E-state index is 10.2. The average Bonchev–Trinajstić information content (AvgIpc) is 2.80. The van der Waals surface area contributed by atoms with E-state index >= 15 is 0 Å². The zero-order chi connectivity index (χ0) is 23.6. The van der Waals surface area contributed by atoms with E-state index in [4.69, 9.17) is 23.7 Å². The van der Waals surface area contributed by atoms with Crippen molar-refractivity contribution in [3.63, 3.8) is 0 Å². The topological polar surface area (TPSA) is 228 Å². The standard InChI is InChI=1S/C18H32O14/c19-3-7-6(30-18-15(26)12(23)11(22)8(4-20)31-18)1-2-10(28-7)32-16-9(5-21)29-17(27)14(25)13(16)24/h6-27H,1-5H2/t6-,7?,8?,9?,10+,11+,12?,13?,14?,15?,16+,17-,18-/m0/s1. The average molecular weight is 472 g/mol. The van der Waals surface area contributed by atoms with Gasteiger partial charge in [-0.2, -0.15) is 0 Å². The normalized spacial score (nSPS) is 50.3. The van der Waals surface area contributed by atoms with Gasteiger partial charge in [0.25, 0.3) is 0 Å². The van der Waals surface area contributed by atoms with Crippen LogP contribution in [0, 0.1) is 0 Å². The summed E-state index contributed by atoms with van der Waals surface area (Å²) in [4.78, 5) is 0. The van der Waals surface area contributed by atoms with E-state index in [-0.39, 0.29) is 12.8 Å². The fraction of sp³-hybridized carbons (Fsp3) is 1.00. The van der Waals surface area contributed by atoms with E-state index in [1.54, 1.807) is 0 Å². The molecule has 0 radical (unpaired) electrons. The first-order valence-electron chi connectivity index (χ1n) is 10.4. The molecular formula is C18H32O14. The van der Waals surface area contributed by atoms with Gasteiger partial charge in [0.2, 0.25) is 0 Å². The van der Waals surface area contributed by atoms with Crippen LogP contribution < -0.4 is 0 Å². The Kier molecular flexibility index (Phi) is 9.15. The summed E-state index contributed by atoms with van der Waals surface area (Å²) < 4.78 is 27.3. The van der Waals surface area contributed by atoms with Gasteiger partial charge in [-0.3, -0.25) is 0 Å². The molecule has 0 aromatic carbocycles. The summed E-state index contributed by atoms with van der Waals surface area (Å²) in [7, 11) is 0. The minimum atomic E-state index is -1.70. The van der Waals surface area contributed by atoms with Gasteiger partial charge >= 0.3 is 0 Å². The van der Waals surface area contributed by atoms with Crippen LogP contribution in [0.3, 0.4) is 0 Å². The number of hydrogen-bond donors (Lipinski definition) is 9. The molecule has 3 aliphatic rings. The van der Waals surface area contributed by atoms with Crippen LogP contribution in [0.15, 0.2) is 0 Å². The van der Waals surface area contributed by atoms with Crippen molar-refractivity contribution in [3.05, 3.63) is 0 Å². The summed E-state index contributed by atoms with van der Waals surface area (Å²) >= 11 is 0. The lowest BCUT2D eigenvalue weighted by Crippen LogP contribution is -2.61. The fourth-order valence-electron chi connectivity index (χ4n) is 4.02. The zero-order valence-electron chi connectivity index (χ0n) is 17.1. The summed E-state index contributed by atoms with van der Waals surface area (Å²) in [6, 6.07) is 0. The lowest BCUT2D eigenvalue weighted by Gasteiger charge is -2.45. The number of rotatable bonds is 7. The summed E-state index contributed by atoms with van der Waals surface area (Å²) in [5.74, 6) is 0. The molecule has 0 bridgehead atoms. The Morgan fingerprint density at radius 2 is 1.25 bits per heavy atom. The first kappa shape index (κ1) is 26.1. The van der Waals surface area contributed by atoms with Crippen LogP contribution in [0.5, 0.6) is 0 Å². The molecule has 14 nitrogen and oxygen atoms in total. The number of ether oxygens (including phenoxy) is 5. The van der Waals surface area contributed by atoms with Crippen molar-refractivity contribution in [2.45, 2.75) is 92.8 Å². The molecule has 0 spiro atoms. The largest absolute Gasteiger partial charge is 0.394 e. The molecule has 9 N–H and O–H groups in total. The minimum absolute atomic E-state index is 0.165. The Labute approximate surface area is 183 Å². The van der Waals surface area contributed by atoms with E-state index in [0.717, 1.165) is 0 Å². The molecule has 13 atom stereocenters. The molecule has 3 aliphatic heterocycles. The minimum Gasteiger partial charge on any atom is -0.394 e. The van der Waals surface area contributed by atoms with E-state index in [9.17, 15) is 46.0 Å². The van der Waals surface area contributed by atoms with Crippen molar-refractivity contribution < 1.29 is 69.6 Å². The fourth-order valence-corrected chi connectivity index (χ4v) is 4.02. The SMILES string of the molecule is OCC1O[C@H](O[C@H]2CC[C@@H](O[C@@H]3C(CO)O[C@H](O)C(O)C3O)OC2CO)C(O)C(O)[C@@H]1O. The Balaban J connectivity index is 1.60. The smallest absolute Gasteiger partial charge is 0.187 e. The Morgan fingerprint density at radius 1 is 0.594 bits per heavy atom. The van der Waals surface area contributed by atoms with Crippen LogP contribution in [0.1, 0.15) is 12.8 Å². The highest BCUT2D eigenvalue weighted by molar-refractivity contribution is 4.92. The molecular weight excluding hydrogens is 440 g/mol. The van der Waals surface area contributed by atoms with Gasteiger partial charge in [-0.1, -0.05) is 0 Å². The molecule has 0 saturated carbocycles. The highest BCUT2D eigenvalue weighted by Crippen LogP contribution is 2.31. The van der Waals surface area contributed by atoms with Crippen molar-refractivity contribution in [2.75, 3.05) is 19.8 Å². The summed E-state index contributed by atoms with van der Waals surface area (Å²) in [5, 5.41) is 87.9. The molecule has 3 rings (SSSR count). The van der Waals surface area contributed by atoms with E-state index in [1.807, 2.05) is 0 Å². The maximum Gasteiger partial charge on any atom is 0.187 e. The molecule has 0 amide bonds. The molecule has 32 heavy (non-hydrogen) atoms. The van der Waals surface area contributed by atoms with Gasteiger partial charge in [0.05, 0.1) is 25.9 Å². The van der Waals surface area contributed by atoms with Crippen molar-refractivity contribution in [3.8, 4) is 0 Å². The predicted molar refractivity (Wildman–Crippen MR) is 98.5 cm³/mol. The van der Waals surface area contributed by atoms with E-state index in [0.29, 0.717) is 0 Å². The molecule has 0 aliphatic carbocycles. The van der Waals surface area contributed by atoms with Crippen molar-refractivity contribution in [1.82, 2.24) is 0 Å². The van der Waals surface area contributed by atoms with Crippen molar-refractivity contribution >= 4 is 0 Å². The van der Waals surface area contributed by atoms with Crippen molar-refractivity contribution in [2.24, 2.45) is 0 Å². The molecule has 0 aromatic rings. The third-order valence-electron chi connectivity index (χ3n) is 5.91. The van der Waals surface area contributed by atoms with Gasteiger partial charge in [-0.25, -0.2) is 0 Å². The molecule has 188 valence electrons. The van der Waals surface area contributed by atoms with Crippen LogP contribution in [-0.4, -0.2) is 146 Å². The molecule has 3 saturated heterocycles. The van der Waals surface area contributed by atoms with Gasteiger partial charge in [0.1, 0.15) is 54.9 Å². The second-order valence-electron chi connectivity index (χ2n) is 8.07. The van der Waals surface area contributed by atoms with Crippen LogP contribution in [0.25, 0.3) is 0 Å². The lowest BCUT2D eigenvalue weighted by atomic mass is 9.98. The number of aliphatic hydroxyl groups excluding tert-OH is 9. The zero-order valence-corrected chi connectivity index (χ0v) is 17.1. The number of aliphatic hydroxyl groups is 9. The quantitative estimate of drug-likeness (QED) is 0.168. The monoisotopic (exact) mass is 472 g/mol. The van der Waals surface area contributed by atoms with Crippen LogP contribution in [-0.2, 0) is 23.7 Å². The maximum atomic E-state index is 10.2. The summed E-state index contributed by atoms with van der Waals surface area (Å²) in [5.41, 5.74) is 0. The Bertz CT molecular complexity index is 578. The second-order valence-corrected chi connectivity index (χ2v) is 8.07. The van der Waals surface area contributed by atoms with Crippen LogP contribution in [0.2, 0.25) is 0 Å². The second kappa shape index (κ2) is 11.2.